The lowest BCUT2D eigenvalue weighted by Gasteiger charge is -2.13. The molecule has 0 fully saturated rings. The third kappa shape index (κ3) is 5.07. The second-order valence-corrected chi connectivity index (χ2v) is 4.11. The fourth-order valence-electron chi connectivity index (χ4n) is 1.47. The number of anilines is 1. The first-order chi connectivity index (χ1) is 9.06. The van der Waals surface area contributed by atoms with Crippen molar-refractivity contribution in [2.75, 3.05) is 19.0 Å². The van der Waals surface area contributed by atoms with E-state index in [2.05, 4.69) is 10.6 Å². The molecule has 1 atom stereocenters. The zero-order chi connectivity index (χ0) is 14.3. The van der Waals surface area contributed by atoms with Gasteiger partial charge in [0.2, 0.25) is 11.8 Å². The first-order valence-corrected chi connectivity index (χ1v) is 5.95. The number of methoxy groups -OCH3 is 1. The maximum Gasteiger partial charge on any atom is 0.246 e. The van der Waals surface area contributed by atoms with E-state index in [0.29, 0.717) is 12.3 Å². The fraction of sp³-hybridized carbons (Fsp3) is 0.385. The van der Waals surface area contributed by atoms with E-state index in [1.165, 1.54) is 0 Å². The molecule has 0 saturated heterocycles. The molecule has 0 radical (unpaired) electrons. The standard InChI is InChI=1S/C13H19N3O3/c1-9(15-12(17)7-14)13(18)16-11-5-3-10(4-6-11)8-19-2/h3-6,9H,7-8,14H2,1-2H3,(H,15,17)(H,16,18)/t9-/m0/s1. The number of rotatable bonds is 6. The highest BCUT2D eigenvalue weighted by molar-refractivity contribution is 5.97. The first kappa shape index (κ1) is 15.1. The summed E-state index contributed by atoms with van der Waals surface area (Å²) in [6, 6.07) is 6.66. The molecule has 0 saturated carbocycles. The van der Waals surface area contributed by atoms with Crippen molar-refractivity contribution in [2.24, 2.45) is 5.73 Å². The van der Waals surface area contributed by atoms with Crippen LogP contribution in [-0.2, 0) is 20.9 Å². The smallest absolute Gasteiger partial charge is 0.246 e. The van der Waals surface area contributed by atoms with Gasteiger partial charge in [-0.25, -0.2) is 0 Å². The molecule has 0 aliphatic carbocycles. The maximum atomic E-state index is 11.8. The minimum Gasteiger partial charge on any atom is -0.380 e. The first-order valence-electron chi connectivity index (χ1n) is 5.95. The zero-order valence-corrected chi connectivity index (χ0v) is 11.1. The van der Waals surface area contributed by atoms with Crippen LogP contribution < -0.4 is 16.4 Å². The van der Waals surface area contributed by atoms with E-state index in [0.717, 1.165) is 5.56 Å². The number of benzene rings is 1. The van der Waals surface area contributed by atoms with Crippen LogP contribution >= 0.6 is 0 Å². The number of nitrogens with two attached hydrogens (primary N) is 1. The molecule has 0 aliphatic heterocycles. The number of nitrogens with one attached hydrogen (secondary N) is 2. The molecule has 1 rings (SSSR count). The summed E-state index contributed by atoms with van der Waals surface area (Å²) in [5.41, 5.74) is 6.85. The topological polar surface area (TPSA) is 93.5 Å². The molecule has 0 heterocycles. The second kappa shape index (κ2) is 7.50. The van der Waals surface area contributed by atoms with Crippen LogP contribution in [0.5, 0.6) is 0 Å². The van der Waals surface area contributed by atoms with Gasteiger partial charge in [-0.3, -0.25) is 9.59 Å². The van der Waals surface area contributed by atoms with Gasteiger partial charge >= 0.3 is 0 Å². The predicted molar refractivity (Wildman–Crippen MR) is 72.4 cm³/mol. The Bertz CT molecular complexity index is 431. The van der Waals surface area contributed by atoms with Gasteiger partial charge in [-0.15, -0.1) is 0 Å². The molecule has 0 aromatic heterocycles. The van der Waals surface area contributed by atoms with Crippen LogP contribution in [0.3, 0.4) is 0 Å². The molecule has 0 bridgehead atoms. The molecule has 4 N–H and O–H groups in total. The number of ether oxygens (including phenoxy) is 1. The summed E-state index contributed by atoms with van der Waals surface area (Å²) < 4.78 is 5.00. The Kier molecular flexibility index (Phi) is 5.98. The molecule has 0 spiro atoms. The Hall–Kier alpha value is -1.92. The van der Waals surface area contributed by atoms with E-state index >= 15 is 0 Å². The number of amides is 2. The Balaban J connectivity index is 2.54. The Labute approximate surface area is 112 Å². The van der Waals surface area contributed by atoms with E-state index in [9.17, 15) is 9.59 Å². The minimum atomic E-state index is -0.630. The number of carbonyl (C=O) groups is 2. The van der Waals surface area contributed by atoms with E-state index in [-0.39, 0.29) is 18.4 Å². The number of hydrogen-bond donors (Lipinski definition) is 3. The summed E-state index contributed by atoms with van der Waals surface area (Å²) in [6.07, 6.45) is 0. The number of carbonyl (C=O) groups excluding carboxylic acids is 2. The molecule has 2 amide bonds. The summed E-state index contributed by atoms with van der Waals surface area (Å²) in [7, 11) is 1.62. The van der Waals surface area contributed by atoms with Gasteiger partial charge < -0.3 is 21.1 Å². The van der Waals surface area contributed by atoms with E-state index in [1.807, 2.05) is 12.1 Å². The largest absolute Gasteiger partial charge is 0.380 e. The lowest BCUT2D eigenvalue weighted by atomic mass is 10.2. The van der Waals surface area contributed by atoms with Crippen molar-refractivity contribution in [1.82, 2.24) is 5.32 Å². The summed E-state index contributed by atoms with van der Waals surface area (Å²) in [6.45, 7) is 1.99. The van der Waals surface area contributed by atoms with Gasteiger partial charge in [0.05, 0.1) is 13.2 Å². The Morgan fingerprint density at radius 1 is 1.32 bits per heavy atom. The number of hydrogen-bond acceptors (Lipinski definition) is 4. The minimum absolute atomic E-state index is 0.136. The molecule has 1 aromatic carbocycles. The van der Waals surface area contributed by atoms with E-state index < -0.39 is 6.04 Å². The third-order valence-corrected chi connectivity index (χ3v) is 2.49. The summed E-state index contributed by atoms with van der Waals surface area (Å²) in [4.78, 5) is 22.8. The average Bonchev–Trinajstić information content (AvgIpc) is 2.41. The van der Waals surface area contributed by atoms with E-state index in [4.69, 9.17) is 10.5 Å². The molecule has 1 aromatic rings. The van der Waals surface area contributed by atoms with Crippen molar-refractivity contribution in [1.29, 1.82) is 0 Å². The van der Waals surface area contributed by atoms with Crippen LogP contribution in [0.2, 0.25) is 0 Å². The highest BCUT2D eigenvalue weighted by Crippen LogP contribution is 2.10. The van der Waals surface area contributed by atoms with Gasteiger partial charge in [0.25, 0.3) is 0 Å². The lowest BCUT2D eigenvalue weighted by molar-refractivity contribution is -0.125. The molecular weight excluding hydrogens is 246 g/mol. The highest BCUT2D eigenvalue weighted by Gasteiger charge is 2.14. The average molecular weight is 265 g/mol. The molecule has 0 aliphatic rings. The summed E-state index contributed by atoms with van der Waals surface area (Å²) in [5.74, 6) is -0.653. The quantitative estimate of drug-likeness (QED) is 0.686. The fourth-order valence-corrected chi connectivity index (χ4v) is 1.47. The van der Waals surface area contributed by atoms with Gasteiger partial charge in [-0.1, -0.05) is 12.1 Å². The predicted octanol–water partition coefficient (Wildman–Crippen LogP) is 0.235. The van der Waals surface area contributed by atoms with Gasteiger partial charge in [0, 0.05) is 12.8 Å². The van der Waals surface area contributed by atoms with Crippen molar-refractivity contribution in [3.05, 3.63) is 29.8 Å². The molecule has 19 heavy (non-hydrogen) atoms. The van der Waals surface area contributed by atoms with Crippen LogP contribution in [0, 0.1) is 0 Å². The van der Waals surface area contributed by atoms with Gasteiger partial charge in [0.1, 0.15) is 6.04 Å². The monoisotopic (exact) mass is 265 g/mol. The second-order valence-electron chi connectivity index (χ2n) is 4.11. The maximum absolute atomic E-state index is 11.8. The molecular formula is C13H19N3O3. The van der Waals surface area contributed by atoms with Crippen molar-refractivity contribution >= 4 is 17.5 Å². The molecule has 104 valence electrons. The van der Waals surface area contributed by atoms with Gasteiger partial charge in [-0.2, -0.15) is 0 Å². The van der Waals surface area contributed by atoms with Gasteiger partial charge in [-0.05, 0) is 24.6 Å². The van der Waals surface area contributed by atoms with E-state index in [1.54, 1.807) is 26.2 Å². The summed E-state index contributed by atoms with van der Waals surface area (Å²) >= 11 is 0. The highest BCUT2D eigenvalue weighted by atomic mass is 16.5. The van der Waals surface area contributed by atoms with Crippen LogP contribution in [-0.4, -0.2) is 31.5 Å². The van der Waals surface area contributed by atoms with Crippen molar-refractivity contribution in [3.63, 3.8) is 0 Å². The van der Waals surface area contributed by atoms with Crippen LogP contribution in [0.1, 0.15) is 12.5 Å². The van der Waals surface area contributed by atoms with Crippen molar-refractivity contribution in [2.45, 2.75) is 19.6 Å². The lowest BCUT2D eigenvalue weighted by Crippen LogP contribution is -2.44. The normalized spacial score (nSPS) is 11.7. The zero-order valence-electron chi connectivity index (χ0n) is 11.1. The van der Waals surface area contributed by atoms with Crippen LogP contribution in [0.4, 0.5) is 5.69 Å². The van der Waals surface area contributed by atoms with Crippen molar-refractivity contribution in [3.8, 4) is 0 Å². The van der Waals surface area contributed by atoms with Gasteiger partial charge in [0.15, 0.2) is 0 Å². The van der Waals surface area contributed by atoms with Crippen molar-refractivity contribution < 1.29 is 14.3 Å². The molecule has 6 nitrogen and oxygen atoms in total. The third-order valence-electron chi connectivity index (χ3n) is 2.49. The summed E-state index contributed by atoms with van der Waals surface area (Å²) in [5, 5.41) is 5.19. The molecule has 6 heteroatoms. The SMILES string of the molecule is COCc1ccc(NC(=O)[C@H](C)NC(=O)CN)cc1. The Morgan fingerprint density at radius 3 is 2.47 bits per heavy atom. The van der Waals surface area contributed by atoms with Crippen LogP contribution in [0.15, 0.2) is 24.3 Å². The Morgan fingerprint density at radius 2 is 1.95 bits per heavy atom. The van der Waals surface area contributed by atoms with Crippen LogP contribution in [0.25, 0.3) is 0 Å². The molecule has 0 unspecified atom stereocenters.